The van der Waals surface area contributed by atoms with Gasteiger partial charge < -0.3 is 15.3 Å². The highest BCUT2D eigenvalue weighted by atomic mass is 16.4. The van der Waals surface area contributed by atoms with Gasteiger partial charge >= 0.3 is 12.0 Å². The van der Waals surface area contributed by atoms with Crippen LogP contribution in [0.5, 0.6) is 0 Å². The minimum atomic E-state index is -0.740. The van der Waals surface area contributed by atoms with Crippen LogP contribution in [-0.2, 0) is 4.79 Å². The van der Waals surface area contributed by atoms with E-state index in [1.807, 2.05) is 14.0 Å². The van der Waals surface area contributed by atoms with Crippen LogP contribution in [-0.4, -0.2) is 41.6 Å². The van der Waals surface area contributed by atoms with Crippen molar-refractivity contribution in [3.05, 3.63) is 0 Å². The van der Waals surface area contributed by atoms with Gasteiger partial charge in [-0.25, -0.2) is 4.79 Å². The summed E-state index contributed by atoms with van der Waals surface area (Å²) in [7, 11) is 1.82. The number of carbonyl (C=O) groups is 2. The Morgan fingerprint density at radius 3 is 2.20 bits per heavy atom. The second-order valence-electron chi connectivity index (χ2n) is 6.44. The summed E-state index contributed by atoms with van der Waals surface area (Å²) < 4.78 is 0. The Labute approximate surface area is 122 Å². The van der Waals surface area contributed by atoms with E-state index in [0.717, 1.165) is 19.3 Å². The van der Waals surface area contributed by atoms with Gasteiger partial charge in [0.05, 0.1) is 0 Å². The van der Waals surface area contributed by atoms with Crippen molar-refractivity contribution in [3.8, 4) is 0 Å². The maximum atomic E-state index is 11.9. The van der Waals surface area contributed by atoms with Crippen molar-refractivity contribution in [3.63, 3.8) is 0 Å². The number of carboxylic acids is 1. The third kappa shape index (κ3) is 8.02. The van der Waals surface area contributed by atoms with Crippen LogP contribution in [0.4, 0.5) is 4.79 Å². The summed E-state index contributed by atoms with van der Waals surface area (Å²) in [6, 6.07) is 0.121. The Morgan fingerprint density at radius 2 is 1.70 bits per heavy atom. The van der Waals surface area contributed by atoms with E-state index < -0.39 is 5.97 Å². The number of unbranched alkanes of at least 4 members (excludes halogenated alkanes) is 3. The van der Waals surface area contributed by atoms with E-state index in [9.17, 15) is 9.59 Å². The molecule has 0 aromatic heterocycles. The lowest BCUT2D eigenvalue weighted by Gasteiger charge is -2.35. The van der Waals surface area contributed by atoms with Crippen molar-refractivity contribution in [1.82, 2.24) is 10.2 Å². The third-order valence-corrected chi connectivity index (χ3v) is 3.75. The fraction of sp³-hybridized carbons (Fsp3) is 0.867. The fourth-order valence-corrected chi connectivity index (χ4v) is 1.83. The highest BCUT2D eigenvalue weighted by Crippen LogP contribution is 2.22. The number of urea groups is 1. The Balaban J connectivity index is 3.75. The smallest absolute Gasteiger partial charge is 0.317 e. The lowest BCUT2D eigenvalue weighted by molar-refractivity contribution is -0.137. The summed E-state index contributed by atoms with van der Waals surface area (Å²) in [6.07, 6.45) is 3.69. The first-order valence-corrected chi connectivity index (χ1v) is 7.38. The molecule has 0 saturated heterocycles. The molecule has 0 aromatic rings. The summed E-state index contributed by atoms with van der Waals surface area (Å²) in [5, 5.41) is 11.4. The molecular formula is C15H30N2O3. The number of hydrogen-bond donors (Lipinski definition) is 2. The standard InChI is InChI=1S/C15H30N2O3/c1-12(15(2,3)4)17(5)14(20)16-11-9-7-6-8-10-13(18)19/h12H,6-11H2,1-5H3,(H,16,20)(H,18,19). The number of nitrogens with one attached hydrogen (secondary N) is 1. The number of hydrogen-bond acceptors (Lipinski definition) is 2. The molecule has 20 heavy (non-hydrogen) atoms. The molecule has 0 fully saturated rings. The zero-order chi connectivity index (χ0) is 15.8. The highest BCUT2D eigenvalue weighted by molar-refractivity contribution is 5.74. The molecule has 0 spiro atoms. The van der Waals surface area contributed by atoms with Crippen LogP contribution in [0.1, 0.15) is 59.8 Å². The molecule has 2 amide bonds. The predicted octanol–water partition coefficient (Wildman–Crippen LogP) is 3.10. The minimum Gasteiger partial charge on any atom is -0.481 e. The molecule has 5 heteroatoms. The topological polar surface area (TPSA) is 69.6 Å². The number of rotatable bonds is 8. The van der Waals surface area contributed by atoms with Crippen LogP contribution in [0.25, 0.3) is 0 Å². The van der Waals surface area contributed by atoms with Crippen molar-refractivity contribution >= 4 is 12.0 Å². The van der Waals surface area contributed by atoms with Gasteiger partial charge in [0, 0.05) is 26.1 Å². The molecule has 0 radical (unpaired) electrons. The van der Waals surface area contributed by atoms with Crippen molar-refractivity contribution in [1.29, 1.82) is 0 Å². The van der Waals surface area contributed by atoms with Crippen molar-refractivity contribution in [2.24, 2.45) is 5.41 Å². The minimum absolute atomic E-state index is 0.0436. The summed E-state index contributed by atoms with van der Waals surface area (Å²) in [4.78, 5) is 24.0. The van der Waals surface area contributed by atoms with Gasteiger partial charge in [0.25, 0.3) is 0 Å². The average molecular weight is 286 g/mol. The van der Waals surface area contributed by atoms with Gasteiger partial charge in [-0.1, -0.05) is 33.6 Å². The molecule has 0 heterocycles. The molecule has 0 bridgehead atoms. The van der Waals surface area contributed by atoms with Crippen LogP contribution in [0.3, 0.4) is 0 Å². The first-order chi connectivity index (χ1) is 9.16. The Kier molecular flexibility index (Phi) is 8.26. The molecule has 0 aliphatic carbocycles. The number of nitrogens with zero attached hydrogens (tertiary/aromatic N) is 1. The molecule has 0 rings (SSSR count). The van der Waals surface area contributed by atoms with Crippen LogP contribution in [0.15, 0.2) is 0 Å². The van der Waals surface area contributed by atoms with Crippen LogP contribution in [0, 0.1) is 5.41 Å². The van der Waals surface area contributed by atoms with E-state index in [-0.39, 0.29) is 23.9 Å². The van der Waals surface area contributed by atoms with E-state index in [1.54, 1.807) is 4.90 Å². The quantitative estimate of drug-likeness (QED) is 0.674. The van der Waals surface area contributed by atoms with E-state index in [0.29, 0.717) is 13.0 Å². The van der Waals surface area contributed by atoms with Gasteiger partial charge in [-0.2, -0.15) is 0 Å². The zero-order valence-corrected chi connectivity index (χ0v) is 13.5. The van der Waals surface area contributed by atoms with Gasteiger partial charge in [0.1, 0.15) is 0 Å². The summed E-state index contributed by atoms with van der Waals surface area (Å²) in [6.45, 7) is 9.04. The number of aliphatic carboxylic acids is 1. The highest BCUT2D eigenvalue weighted by Gasteiger charge is 2.26. The molecule has 1 atom stereocenters. The number of carbonyl (C=O) groups excluding carboxylic acids is 1. The average Bonchev–Trinajstić information content (AvgIpc) is 2.34. The summed E-state index contributed by atoms with van der Waals surface area (Å²) in [5.74, 6) is -0.740. The number of amides is 2. The van der Waals surface area contributed by atoms with Gasteiger partial charge in [0.15, 0.2) is 0 Å². The molecule has 2 N–H and O–H groups in total. The molecule has 0 aliphatic heterocycles. The second kappa shape index (κ2) is 8.82. The van der Waals surface area contributed by atoms with Gasteiger partial charge in [0.2, 0.25) is 0 Å². The predicted molar refractivity (Wildman–Crippen MR) is 80.8 cm³/mol. The molecule has 5 nitrogen and oxygen atoms in total. The molecule has 0 aliphatic rings. The maximum Gasteiger partial charge on any atom is 0.317 e. The summed E-state index contributed by atoms with van der Waals surface area (Å²) >= 11 is 0. The Morgan fingerprint density at radius 1 is 1.15 bits per heavy atom. The molecule has 118 valence electrons. The van der Waals surface area contributed by atoms with E-state index in [2.05, 4.69) is 26.1 Å². The Bertz CT molecular complexity index is 311. The zero-order valence-electron chi connectivity index (χ0n) is 13.5. The molecular weight excluding hydrogens is 256 g/mol. The van der Waals surface area contributed by atoms with E-state index >= 15 is 0 Å². The second-order valence-corrected chi connectivity index (χ2v) is 6.44. The lowest BCUT2D eigenvalue weighted by atomic mass is 9.87. The normalized spacial score (nSPS) is 12.8. The van der Waals surface area contributed by atoms with Gasteiger partial charge in [-0.3, -0.25) is 4.79 Å². The monoisotopic (exact) mass is 286 g/mol. The first-order valence-electron chi connectivity index (χ1n) is 7.38. The summed E-state index contributed by atoms with van der Waals surface area (Å²) in [5.41, 5.74) is 0.0585. The van der Waals surface area contributed by atoms with Crippen molar-refractivity contribution in [2.75, 3.05) is 13.6 Å². The molecule has 1 unspecified atom stereocenters. The lowest BCUT2D eigenvalue weighted by Crippen LogP contribution is -2.47. The van der Waals surface area contributed by atoms with Gasteiger partial charge in [-0.15, -0.1) is 0 Å². The first kappa shape index (κ1) is 18.7. The SMILES string of the molecule is CC(N(C)C(=O)NCCCCCCC(=O)O)C(C)(C)C. The van der Waals surface area contributed by atoms with Crippen LogP contribution < -0.4 is 5.32 Å². The Hall–Kier alpha value is -1.26. The van der Waals surface area contributed by atoms with E-state index in [1.165, 1.54) is 0 Å². The van der Waals surface area contributed by atoms with E-state index in [4.69, 9.17) is 5.11 Å². The van der Waals surface area contributed by atoms with Crippen molar-refractivity contribution < 1.29 is 14.7 Å². The van der Waals surface area contributed by atoms with Crippen LogP contribution >= 0.6 is 0 Å². The van der Waals surface area contributed by atoms with Gasteiger partial charge in [-0.05, 0) is 25.2 Å². The largest absolute Gasteiger partial charge is 0.481 e. The van der Waals surface area contributed by atoms with Crippen molar-refractivity contribution in [2.45, 2.75) is 65.8 Å². The molecule has 0 saturated carbocycles. The fourth-order valence-electron chi connectivity index (χ4n) is 1.83. The number of carboxylic acid groups (broad SMARTS) is 1. The molecule has 0 aromatic carbocycles. The van der Waals surface area contributed by atoms with Crippen LogP contribution in [0.2, 0.25) is 0 Å². The third-order valence-electron chi connectivity index (χ3n) is 3.75. The maximum absolute atomic E-state index is 11.9.